The molecule has 0 saturated carbocycles. The molecule has 2 aromatic rings. The third-order valence-electron chi connectivity index (χ3n) is 4.22. The minimum absolute atomic E-state index is 0.0373. The Labute approximate surface area is 177 Å². The highest BCUT2D eigenvalue weighted by Crippen LogP contribution is 2.15. The first-order chi connectivity index (χ1) is 14.0. The molecule has 3 N–H and O–H groups in total. The van der Waals surface area contributed by atoms with Crippen LogP contribution < -0.4 is 20.7 Å². The Morgan fingerprint density at radius 1 is 1.00 bits per heavy atom. The number of hydrogen-bond donors (Lipinski definition) is 3. The minimum Gasteiger partial charge on any atom is -0.494 e. The first-order valence-electron chi connectivity index (χ1n) is 9.74. The van der Waals surface area contributed by atoms with Gasteiger partial charge >= 0.3 is 6.03 Å². The number of para-hydroxylation sites is 1. The van der Waals surface area contributed by atoms with E-state index in [-0.39, 0.29) is 11.8 Å². The number of carbonyl (C=O) groups is 2. The summed E-state index contributed by atoms with van der Waals surface area (Å²) in [5.74, 6) is 0.540. The predicted octanol–water partition coefficient (Wildman–Crippen LogP) is 4.46. The summed E-state index contributed by atoms with van der Waals surface area (Å²) in [5.41, 5.74) is 0.675. The van der Waals surface area contributed by atoms with E-state index in [1.54, 1.807) is 24.3 Å². The van der Waals surface area contributed by atoms with Gasteiger partial charge in [-0.3, -0.25) is 4.79 Å². The summed E-state index contributed by atoms with van der Waals surface area (Å²) in [7, 11) is 0. The molecule has 2 aromatic carbocycles. The Kier molecular flexibility index (Phi) is 9.31. The van der Waals surface area contributed by atoms with Crippen LogP contribution in [0.3, 0.4) is 0 Å². The fourth-order valence-electron chi connectivity index (χ4n) is 2.63. The SMILES string of the molecule is CC(C)C(NC(=O)Nc1ccccc1)C(=O)NCCCCOc1ccc(Cl)cc1. The predicted molar refractivity (Wildman–Crippen MR) is 116 cm³/mol. The lowest BCUT2D eigenvalue weighted by atomic mass is 10.0. The van der Waals surface area contributed by atoms with Crippen LogP contribution in [0.25, 0.3) is 0 Å². The molecule has 156 valence electrons. The van der Waals surface area contributed by atoms with E-state index in [1.807, 2.05) is 44.2 Å². The first kappa shape index (κ1) is 22.6. The van der Waals surface area contributed by atoms with Crippen LogP contribution in [0.5, 0.6) is 5.75 Å². The zero-order chi connectivity index (χ0) is 21.1. The lowest BCUT2D eigenvalue weighted by molar-refractivity contribution is -0.123. The Morgan fingerprint density at radius 3 is 2.34 bits per heavy atom. The molecule has 0 fully saturated rings. The lowest BCUT2D eigenvalue weighted by Crippen LogP contribution is -2.51. The molecule has 0 aliphatic carbocycles. The van der Waals surface area contributed by atoms with E-state index in [1.165, 1.54) is 0 Å². The van der Waals surface area contributed by atoms with Crippen molar-refractivity contribution in [1.82, 2.24) is 10.6 Å². The van der Waals surface area contributed by atoms with Gasteiger partial charge in [-0.1, -0.05) is 43.6 Å². The molecule has 7 heteroatoms. The van der Waals surface area contributed by atoms with Gasteiger partial charge in [0.15, 0.2) is 0 Å². The van der Waals surface area contributed by atoms with Gasteiger partial charge in [-0.15, -0.1) is 0 Å². The molecule has 6 nitrogen and oxygen atoms in total. The van der Waals surface area contributed by atoms with E-state index in [0.717, 1.165) is 18.6 Å². The Bertz CT molecular complexity index is 767. The molecule has 2 rings (SSSR count). The number of rotatable bonds is 10. The van der Waals surface area contributed by atoms with Crippen molar-refractivity contribution in [2.24, 2.45) is 5.92 Å². The van der Waals surface area contributed by atoms with E-state index in [4.69, 9.17) is 16.3 Å². The maximum Gasteiger partial charge on any atom is 0.319 e. The summed E-state index contributed by atoms with van der Waals surface area (Å²) in [6.07, 6.45) is 1.58. The number of anilines is 1. The quantitative estimate of drug-likeness (QED) is 0.499. The Balaban J connectivity index is 1.67. The smallest absolute Gasteiger partial charge is 0.319 e. The van der Waals surface area contributed by atoms with Crippen LogP contribution in [0, 0.1) is 5.92 Å². The van der Waals surface area contributed by atoms with Crippen molar-refractivity contribution >= 4 is 29.2 Å². The van der Waals surface area contributed by atoms with Crippen molar-refractivity contribution in [1.29, 1.82) is 0 Å². The van der Waals surface area contributed by atoms with Crippen molar-refractivity contribution in [2.75, 3.05) is 18.5 Å². The van der Waals surface area contributed by atoms with Crippen LogP contribution in [0.15, 0.2) is 54.6 Å². The topological polar surface area (TPSA) is 79.5 Å². The normalized spacial score (nSPS) is 11.6. The number of ether oxygens (including phenoxy) is 1. The third kappa shape index (κ3) is 8.44. The number of nitrogens with one attached hydrogen (secondary N) is 3. The molecule has 3 amide bonds. The summed E-state index contributed by atoms with van der Waals surface area (Å²) in [5, 5.41) is 9.03. The molecule has 0 radical (unpaired) electrons. The molecular formula is C22H28ClN3O3. The molecule has 0 spiro atoms. The van der Waals surface area contributed by atoms with Gasteiger partial charge in [0.05, 0.1) is 6.61 Å². The van der Waals surface area contributed by atoms with E-state index >= 15 is 0 Å². The number of urea groups is 1. The largest absolute Gasteiger partial charge is 0.494 e. The van der Waals surface area contributed by atoms with E-state index in [2.05, 4.69) is 16.0 Å². The number of carbonyl (C=O) groups excluding carboxylic acids is 2. The van der Waals surface area contributed by atoms with Gasteiger partial charge in [0.2, 0.25) is 5.91 Å². The molecule has 0 heterocycles. The Hall–Kier alpha value is -2.73. The molecule has 0 saturated heterocycles. The van der Waals surface area contributed by atoms with Crippen LogP contribution in [0.2, 0.25) is 5.02 Å². The van der Waals surface area contributed by atoms with Gasteiger partial charge in [0.25, 0.3) is 0 Å². The fraction of sp³-hybridized carbons (Fsp3) is 0.364. The maximum atomic E-state index is 12.5. The first-order valence-corrected chi connectivity index (χ1v) is 10.1. The van der Waals surface area contributed by atoms with Gasteiger partial charge in [-0.2, -0.15) is 0 Å². The maximum absolute atomic E-state index is 12.5. The molecule has 0 aliphatic rings. The van der Waals surface area contributed by atoms with Crippen LogP contribution in [-0.4, -0.2) is 31.1 Å². The standard InChI is InChI=1S/C22H28ClN3O3/c1-16(2)20(26-22(28)25-18-8-4-3-5-9-18)21(27)24-14-6-7-15-29-19-12-10-17(23)11-13-19/h3-5,8-13,16,20H,6-7,14-15H2,1-2H3,(H,24,27)(H2,25,26,28). The average Bonchev–Trinajstić information content (AvgIpc) is 2.70. The number of unbranched alkanes of at least 4 members (excludes halogenated alkanes) is 1. The molecule has 0 aromatic heterocycles. The van der Waals surface area contributed by atoms with E-state index in [9.17, 15) is 9.59 Å². The number of halogens is 1. The van der Waals surface area contributed by atoms with Gasteiger partial charge in [-0.05, 0) is 55.2 Å². The zero-order valence-electron chi connectivity index (χ0n) is 16.8. The van der Waals surface area contributed by atoms with Crippen molar-refractivity contribution in [3.8, 4) is 5.75 Å². The average molecular weight is 418 g/mol. The fourth-order valence-corrected chi connectivity index (χ4v) is 2.76. The van der Waals surface area contributed by atoms with Crippen LogP contribution >= 0.6 is 11.6 Å². The third-order valence-corrected chi connectivity index (χ3v) is 4.47. The molecule has 1 unspecified atom stereocenters. The summed E-state index contributed by atoms with van der Waals surface area (Å²) in [6.45, 7) is 4.87. The van der Waals surface area contributed by atoms with Crippen LogP contribution in [0.1, 0.15) is 26.7 Å². The highest BCUT2D eigenvalue weighted by Gasteiger charge is 2.23. The molecule has 29 heavy (non-hydrogen) atoms. The van der Waals surface area contributed by atoms with Crippen molar-refractivity contribution < 1.29 is 14.3 Å². The summed E-state index contributed by atoms with van der Waals surface area (Å²) in [4.78, 5) is 24.6. The summed E-state index contributed by atoms with van der Waals surface area (Å²) < 4.78 is 5.63. The Morgan fingerprint density at radius 2 is 1.69 bits per heavy atom. The highest BCUT2D eigenvalue weighted by atomic mass is 35.5. The monoisotopic (exact) mass is 417 g/mol. The highest BCUT2D eigenvalue weighted by molar-refractivity contribution is 6.30. The van der Waals surface area contributed by atoms with Crippen LogP contribution in [0.4, 0.5) is 10.5 Å². The van der Waals surface area contributed by atoms with Crippen molar-refractivity contribution in [3.05, 3.63) is 59.6 Å². The van der Waals surface area contributed by atoms with Gasteiger partial charge < -0.3 is 20.7 Å². The van der Waals surface area contributed by atoms with E-state index < -0.39 is 12.1 Å². The van der Waals surface area contributed by atoms with Gasteiger partial charge in [-0.25, -0.2) is 4.79 Å². The number of hydrogen-bond acceptors (Lipinski definition) is 3. The number of amides is 3. The lowest BCUT2D eigenvalue weighted by Gasteiger charge is -2.22. The second-order valence-electron chi connectivity index (χ2n) is 6.99. The molecular weight excluding hydrogens is 390 g/mol. The van der Waals surface area contributed by atoms with Gasteiger partial charge in [0, 0.05) is 17.3 Å². The van der Waals surface area contributed by atoms with Crippen molar-refractivity contribution in [3.63, 3.8) is 0 Å². The number of benzene rings is 2. The second kappa shape index (κ2) is 12.0. The second-order valence-corrected chi connectivity index (χ2v) is 7.42. The summed E-state index contributed by atoms with van der Waals surface area (Å²) in [6, 6.07) is 15.3. The van der Waals surface area contributed by atoms with Gasteiger partial charge in [0.1, 0.15) is 11.8 Å². The molecule has 0 aliphatic heterocycles. The molecule has 0 bridgehead atoms. The minimum atomic E-state index is -0.607. The van der Waals surface area contributed by atoms with Crippen molar-refractivity contribution in [2.45, 2.75) is 32.7 Å². The van der Waals surface area contributed by atoms with Crippen LogP contribution in [-0.2, 0) is 4.79 Å². The zero-order valence-corrected chi connectivity index (χ0v) is 17.5. The van der Waals surface area contributed by atoms with E-state index in [0.29, 0.717) is 23.9 Å². The molecule has 1 atom stereocenters. The summed E-state index contributed by atoms with van der Waals surface area (Å²) >= 11 is 5.84.